The monoisotopic (exact) mass is 397 g/mol. The molecule has 0 saturated heterocycles. The number of imidazole rings is 1. The Bertz CT molecular complexity index is 1200. The number of aromatic nitrogens is 4. The molecule has 0 saturated carbocycles. The van der Waals surface area contributed by atoms with Gasteiger partial charge in [0.25, 0.3) is 11.5 Å². The molecule has 2 N–H and O–H groups in total. The number of hydrogen-bond acceptors (Lipinski definition) is 5. The zero-order valence-corrected chi connectivity index (χ0v) is 16.6. The molecule has 3 rings (SSSR count). The fourth-order valence-electron chi connectivity index (χ4n) is 3.09. The van der Waals surface area contributed by atoms with Gasteiger partial charge in [0, 0.05) is 20.1 Å². The Morgan fingerprint density at radius 3 is 2.34 bits per heavy atom. The molecule has 2 heterocycles. The topological polar surface area (TPSA) is 114 Å². The summed E-state index contributed by atoms with van der Waals surface area (Å²) in [6.07, 6.45) is 3.62. The quantitative estimate of drug-likeness (QED) is 0.638. The average molecular weight is 397 g/mol. The van der Waals surface area contributed by atoms with E-state index in [-0.39, 0.29) is 17.9 Å². The molecule has 0 spiro atoms. The Hall–Kier alpha value is -3.62. The Morgan fingerprint density at radius 2 is 1.76 bits per heavy atom. The van der Waals surface area contributed by atoms with Crippen LogP contribution in [0.4, 0.5) is 0 Å². The summed E-state index contributed by atoms with van der Waals surface area (Å²) >= 11 is 0. The average Bonchev–Trinajstić information content (AvgIpc) is 3.02. The molecule has 0 bridgehead atoms. The van der Waals surface area contributed by atoms with E-state index >= 15 is 0 Å². The molecule has 9 nitrogen and oxygen atoms in total. The summed E-state index contributed by atoms with van der Waals surface area (Å²) in [7, 11) is 1.75. The zero-order valence-electron chi connectivity index (χ0n) is 16.6. The van der Waals surface area contributed by atoms with Crippen LogP contribution in [0.1, 0.15) is 25.2 Å². The maximum absolute atomic E-state index is 12.7. The van der Waals surface area contributed by atoms with Crippen LogP contribution in [-0.4, -0.2) is 31.2 Å². The Balaban J connectivity index is 1.98. The van der Waals surface area contributed by atoms with Crippen molar-refractivity contribution < 1.29 is 9.53 Å². The number of nitrogens with zero attached hydrogens (tertiary/aromatic N) is 4. The van der Waals surface area contributed by atoms with E-state index in [1.807, 2.05) is 25.1 Å². The van der Waals surface area contributed by atoms with Crippen LogP contribution < -0.4 is 21.7 Å². The molecule has 9 heteroatoms. The number of amides is 1. The van der Waals surface area contributed by atoms with Gasteiger partial charge in [0.1, 0.15) is 11.6 Å². The maximum Gasteiger partial charge on any atom is 0.332 e. The number of benzene rings is 1. The van der Waals surface area contributed by atoms with E-state index in [0.717, 1.165) is 5.56 Å². The van der Waals surface area contributed by atoms with Crippen LogP contribution in [0, 0.1) is 0 Å². The molecule has 0 aliphatic carbocycles. The van der Waals surface area contributed by atoms with E-state index in [1.54, 1.807) is 36.7 Å². The van der Waals surface area contributed by atoms with Gasteiger partial charge in [0.05, 0.1) is 0 Å². The third kappa shape index (κ3) is 3.84. The lowest BCUT2D eigenvalue weighted by Gasteiger charge is -2.08. The van der Waals surface area contributed by atoms with Crippen molar-refractivity contribution in [1.29, 1.82) is 0 Å². The minimum atomic E-state index is -0.538. The van der Waals surface area contributed by atoms with Gasteiger partial charge in [-0.1, -0.05) is 18.2 Å². The van der Waals surface area contributed by atoms with Crippen molar-refractivity contribution in [2.75, 3.05) is 6.61 Å². The Labute approximate surface area is 166 Å². The van der Waals surface area contributed by atoms with Crippen molar-refractivity contribution in [2.45, 2.75) is 26.9 Å². The van der Waals surface area contributed by atoms with Gasteiger partial charge < -0.3 is 15.0 Å². The summed E-state index contributed by atoms with van der Waals surface area (Å²) in [4.78, 5) is 40.5. The highest BCUT2D eigenvalue weighted by Gasteiger charge is 2.17. The fourth-order valence-corrected chi connectivity index (χ4v) is 3.09. The summed E-state index contributed by atoms with van der Waals surface area (Å²) in [5, 5.41) is 0. The predicted molar refractivity (Wildman–Crippen MR) is 111 cm³/mol. The first-order valence-corrected chi connectivity index (χ1v) is 9.26. The van der Waals surface area contributed by atoms with E-state index in [4.69, 9.17) is 10.5 Å². The van der Waals surface area contributed by atoms with Crippen LogP contribution in [0.15, 0.2) is 33.9 Å². The zero-order chi connectivity index (χ0) is 21.1. The molecule has 0 aliphatic heterocycles. The number of fused-ring (bicyclic) bond motifs is 1. The van der Waals surface area contributed by atoms with Crippen LogP contribution >= 0.6 is 0 Å². The smallest absolute Gasteiger partial charge is 0.332 e. The number of primary amides is 1. The fraction of sp³-hybridized carbons (Fsp3) is 0.300. The molecule has 29 heavy (non-hydrogen) atoms. The van der Waals surface area contributed by atoms with Crippen LogP contribution in [0.5, 0.6) is 5.75 Å². The van der Waals surface area contributed by atoms with Gasteiger partial charge >= 0.3 is 5.69 Å². The first kappa shape index (κ1) is 20.1. The van der Waals surface area contributed by atoms with Crippen molar-refractivity contribution in [3.63, 3.8) is 0 Å². The molecule has 0 unspecified atom stereocenters. The Kier molecular flexibility index (Phi) is 5.67. The van der Waals surface area contributed by atoms with Gasteiger partial charge in [0.15, 0.2) is 17.8 Å². The summed E-state index contributed by atoms with van der Waals surface area (Å²) in [6.45, 7) is 4.15. The van der Waals surface area contributed by atoms with E-state index in [2.05, 4.69) is 4.98 Å². The summed E-state index contributed by atoms with van der Waals surface area (Å²) in [5.74, 6) is 0.556. The lowest BCUT2D eigenvalue weighted by atomic mass is 10.2. The second-order valence-corrected chi connectivity index (χ2v) is 6.43. The van der Waals surface area contributed by atoms with Crippen molar-refractivity contribution in [2.24, 2.45) is 12.8 Å². The van der Waals surface area contributed by atoms with Gasteiger partial charge in [-0.05, 0) is 37.6 Å². The largest absolute Gasteiger partial charge is 0.484 e. The molecule has 1 aromatic carbocycles. The highest BCUT2D eigenvalue weighted by Crippen LogP contribution is 2.16. The number of rotatable bonds is 7. The maximum atomic E-state index is 12.7. The highest BCUT2D eigenvalue weighted by molar-refractivity contribution is 5.77. The van der Waals surface area contributed by atoms with E-state index in [1.165, 1.54) is 9.13 Å². The Morgan fingerprint density at radius 1 is 1.10 bits per heavy atom. The summed E-state index contributed by atoms with van der Waals surface area (Å²) in [6, 6.07) is 7.10. The van der Waals surface area contributed by atoms with Crippen LogP contribution in [0.25, 0.3) is 23.3 Å². The SMILES string of the molecule is CCn1c(=O)c2c(nc(C=Cc3ccc(OCC(N)=O)cc3)n2C)n(CC)c1=O. The molecule has 1 amide bonds. The number of ether oxygens (including phenoxy) is 1. The third-order valence-corrected chi connectivity index (χ3v) is 4.60. The molecule has 0 atom stereocenters. The molecular weight excluding hydrogens is 374 g/mol. The minimum Gasteiger partial charge on any atom is -0.484 e. The van der Waals surface area contributed by atoms with Gasteiger partial charge in [-0.3, -0.25) is 18.7 Å². The van der Waals surface area contributed by atoms with E-state index in [0.29, 0.717) is 35.8 Å². The normalized spacial score (nSPS) is 11.4. The molecule has 3 aromatic rings. The molecule has 0 aliphatic rings. The van der Waals surface area contributed by atoms with E-state index in [9.17, 15) is 14.4 Å². The second-order valence-electron chi connectivity index (χ2n) is 6.43. The molecule has 0 radical (unpaired) electrons. The standard InChI is InChI=1S/C20H23N5O4/c1-4-24-18-17(19(27)25(5-2)20(24)28)23(3)16(22-18)11-8-13-6-9-14(10-7-13)29-12-15(21)26/h6-11H,4-5,12H2,1-3H3,(H2,21,26). The van der Waals surface area contributed by atoms with E-state index < -0.39 is 5.91 Å². The molecule has 152 valence electrons. The van der Waals surface area contributed by atoms with Gasteiger partial charge in [0.2, 0.25) is 0 Å². The highest BCUT2D eigenvalue weighted by atomic mass is 16.5. The second kappa shape index (κ2) is 8.17. The number of aryl methyl sites for hydroxylation is 2. The van der Waals surface area contributed by atoms with Crippen molar-refractivity contribution in [1.82, 2.24) is 18.7 Å². The molecule has 2 aromatic heterocycles. The number of hydrogen-bond donors (Lipinski definition) is 1. The summed E-state index contributed by atoms with van der Waals surface area (Å²) < 4.78 is 9.64. The van der Waals surface area contributed by atoms with Crippen molar-refractivity contribution >= 4 is 29.2 Å². The van der Waals surface area contributed by atoms with Crippen LogP contribution in [-0.2, 0) is 24.9 Å². The number of carbonyl (C=O) groups excluding carboxylic acids is 1. The van der Waals surface area contributed by atoms with Crippen LogP contribution in [0.3, 0.4) is 0 Å². The van der Waals surface area contributed by atoms with Gasteiger partial charge in [-0.25, -0.2) is 9.78 Å². The molecule has 0 fully saturated rings. The summed E-state index contributed by atoms with van der Waals surface area (Å²) in [5.41, 5.74) is 6.01. The van der Waals surface area contributed by atoms with Crippen molar-refractivity contribution in [3.8, 4) is 5.75 Å². The van der Waals surface area contributed by atoms with Crippen LogP contribution in [0.2, 0.25) is 0 Å². The lowest BCUT2D eigenvalue weighted by Crippen LogP contribution is -2.39. The number of nitrogens with two attached hydrogens (primary N) is 1. The third-order valence-electron chi connectivity index (χ3n) is 4.60. The first-order chi connectivity index (χ1) is 13.9. The minimum absolute atomic E-state index is 0.177. The van der Waals surface area contributed by atoms with Gasteiger partial charge in [-0.15, -0.1) is 0 Å². The predicted octanol–water partition coefficient (Wildman–Crippen LogP) is 0.971. The molecular formula is C20H23N5O4. The van der Waals surface area contributed by atoms with Gasteiger partial charge in [-0.2, -0.15) is 0 Å². The van der Waals surface area contributed by atoms with Crippen molar-refractivity contribution in [3.05, 3.63) is 56.5 Å². The lowest BCUT2D eigenvalue weighted by molar-refractivity contribution is -0.119. The number of carbonyl (C=O) groups is 1. The first-order valence-electron chi connectivity index (χ1n) is 9.26.